The van der Waals surface area contributed by atoms with Crippen LogP contribution in [0.1, 0.15) is 25.3 Å². The summed E-state index contributed by atoms with van der Waals surface area (Å²) in [6.45, 7) is 3.08. The summed E-state index contributed by atoms with van der Waals surface area (Å²) in [6, 6.07) is 7.02. The second-order valence-electron chi connectivity index (χ2n) is 4.73. The molecule has 0 saturated carbocycles. The molecule has 1 atom stereocenters. The Labute approximate surface area is 103 Å². The van der Waals surface area contributed by atoms with Crippen LogP contribution in [-0.2, 0) is 9.84 Å². The van der Waals surface area contributed by atoms with E-state index < -0.39 is 9.84 Å². The molecule has 0 spiro atoms. The second kappa shape index (κ2) is 4.61. The van der Waals surface area contributed by atoms with Crippen LogP contribution < -0.4 is 0 Å². The van der Waals surface area contributed by atoms with Crippen molar-refractivity contribution in [2.24, 2.45) is 10.9 Å². The second-order valence-corrected chi connectivity index (χ2v) is 6.74. The summed E-state index contributed by atoms with van der Waals surface area (Å²) in [5.74, 6) is 0.661. The van der Waals surface area contributed by atoms with Gasteiger partial charge in [-0.3, -0.25) is 4.99 Å². The van der Waals surface area contributed by atoms with E-state index in [1.54, 1.807) is 12.1 Å². The molecule has 0 fully saturated rings. The van der Waals surface area contributed by atoms with Gasteiger partial charge in [-0.05, 0) is 36.5 Å². The molecule has 17 heavy (non-hydrogen) atoms. The van der Waals surface area contributed by atoms with Gasteiger partial charge < -0.3 is 0 Å². The van der Waals surface area contributed by atoms with Crippen molar-refractivity contribution in [3.63, 3.8) is 0 Å². The topological polar surface area (TPSA) is 46.5 Å². The van der Waals surface area contributed by atoms with E-state index in [4.69, 9.17) is 0 Å². The molecule has 0 radical (unpaired) electrons. The average molecular weight is 251 g/mol. The van der Waals surface area contributed by atoms with E-state index in [2.05, 4.69) is 11.9 Å². The molecule has 92 valence electrons. The minimum Gasteiger partial charge on any atom is -0.289 e. The van der Waals surface area contributed by atoms with Gasteiger partial charge in [0.1, 0.15) is 0 Å². The van der Waals surface area contributed by atoms with E-state index in [1.807, 2.05) is 12.1 Å². The van der Waals surface area contributed by atoms with Crippen molar-refractivity contribution in [2.45, 2.75) is 24.7 Å². The fourth-order valence-electron chi connectivity index (χ4n) is 1.95. The molecule has 0 saturated heterocycles. The molecule has 0 N–H and O–H groups in total. The zero-order valence-corrected chi connectivity index (χ0v) is 11.0. The molecule has 0 amide bonds. The van der Waals surface area contributed by atoms with Gasteiger partial charge >= 0.3 is 0 Å². The first-order valence-electron chi connectivity index (χ1n) is 5.80. The smallest absolute Gasteiger partial charge is 0.175 e. The van der Waals surface area contributed by atoms with Crippen LogP contribution in [-0.4, -0.2) is 26.9 Å². The zero-order chi connectivity index (χ0) is 12.5. The van der Waals surface area contributed by atoms with Crippen LogP contribution in [0.25, 0.3) is 0 Å². The molecule has 0 aliphatic carbocycles. The van der Waals surface area contributed by atoms with Crippen molar-refractivity contribution < 1.29 is 8.42 Å². The van der Waals surface area contributed by atoms with E-state index in [1.165, 1.54) is 6.26 Å². The average Bonchev–Trinajstić information content (AvgIpc) is 2.29. The van der Waals surface area contributed by atoms with Crippen LogP contribution in [0.15, 0.2) is 34.2 Å². The molecular formula is C13H17NO2S. The third-order valence-corrected chi connectivity index (χ3v) is 4.21. The van der Waals surface area contributed by atoms with Gasteiger partial charge in [0.25, 0.3) is 0 Å². The summed E-state index contributed by atoms with van der Waals surface area (Å²) >= 11 is 0. The van der Waals surface area contributed by atoms with Crippen LogP contribution in [0.2, 0.25) is 0 Å². The van der Waals surface area contributed by atoms with E-state index >= 15 is 0 Å². The van der Waals surface area contributed by atoms with Crippen LogP contribution in [0.4, 0.5) is 0 Å². The standard InChI is InChI=1S/C13H17NO2S/c1-10-3-8-13(14-9-10)11-4-6-12(7-5-11)17(2,15)16/h4-7,10H,3,8-9H2,1-2H3. The van der Waals surface area contributed by atoms with E-state index in [0.717, 1.165) is 30.7 Å². The number of hydrogen-bond acceptors (Lipinski definition) is 3. The summed E-state index contributed by atoms with van der Waals surface area (Å²) in [7, 11) is -3.10. The molecule has 1 aliphatic rings. The molecule has 1 aliphatic heterocycles. The lowest BCUT2D eigenvalue weighted by molar-refractivity contribution is 0.538. The highest BCUT2D eigenvalue weighted by atomic mass is 32.2. The largest absolute Gasteiger partial charge is 0.289 e. The predicted octanol–water partition coefficient (Wildman–Crippen LogP) is 2.31. The van der Waals surface area contributed by atoms with Crippen molar-refractivity contribution >= 4 is 15.5 Å². The third-order valence-electron chi connectivity index (χ3n) is 3.08. The van der Waals surface area contributed by atoms with E-state index in [-0.39, 0.29) is 0 Å². The maximum Gasteiger partial charge on any atom is 0.175 e. The maximum atomic E-state index is 11.3. The number of rotatable bonds is 2. The lowest BCUT2D eigenvalue weighted by atomic mass is 9.96. The van der Waals surface area contributed by atoms with Gasteiger partial charge in [0, 0.05) is 18.5 Å². The first kappa shape index (κ1) is 12.3. The van der Waals surface area contributed by atoms with Gasteiger partial charge in [0.15, 0.2) is 9.84 Å². The highest BCUT2D eigenvalue weighted by molar-refractivity contribution is 7.90. The van der Waals surface area contributed by atoms with Gasteiger partial charge in [-0.1, -0.05) is 19.1 Å². The molecule has 2 rings (SSSR count). The molecule has 0 aromatic heterocycles. The Kier molecular flexibility index (Phi) is 3.33. The fraction of sp³-hybridized carbons (Fsp3) is 0.462. The molecule has 4 heteroatoms. The number of hydrogen-bond donors (Lipinski definition) is 0. The zero-order valence-electron chi connectivity index (χ0n) is 10.2. The Bertz CT molecular complexity index is 529. The van der Waals surface area contributed by atoms with Gasteiger partial charge in [0.05, 0.1) is 4.90 Å². The van der Waals surface area contributed by atoms with Crippen LogP contribution in [0.5, 0.6) is 0 Å². The molecule has 1 aromatic rings. The normalized spacial score (nSPS) is 21.1. The van der Waals surface area contributed by atoms with Gasteiger partial charge in [-0.15, -0.1) is 0 Å². The Morgan fingerprint density at radius 3 is 2.35 bits per heavy atom. The summed E-state index contributed by atoms with van der Waals surface area (Å²) in [5, 5.41) is 0. The fourth-order valence-corrected chi connectivity index (χ4v) is 2.58. The lowest BCUT2D eigenvalue weighted by Gasteiger charge is -2.17. The molecule has 1 unspecified atom stereocenters. The molecular weight excluding hydrogens is 234 g/mol. The monoisotopic (exact) mass is 251 g/mol. The molecule has 0 bridgehead atoms. The Balaban J connectivity index is 2.25. The first-order valence-corrected chi connectivity index (χ1v) is 7.70. The highest BCUT2D eigenvalue weighted by Gasteiger charge is 2.13. The Morgan fingerprint density at radius 1 is 1.24 bits per heavy atom. The van der Waals surface area contributed by atoms with Crippen molar-refractivity contribution in [3.8, 4) is 0 Å². The number of benzene rings is 1. The van der Waals surface area contributed by atoms with Gasteiger partial charge in [0.2, 0.25) is 0 Å². The van der Waals surface area contributed by atoms with Crippen molar-refractivity contribution in [2.75, 3.05) is 12.8 Å². The minimum absolute atomic E-state index is 0.367. The van der Waals surface area contributed by atoms with Crippen molar-refractivity contribution in [1.82, 2.24) is 0 Å². The lowest BCUT2D eigenvalue weighted by Crippen LogP contribution is -2.14. The summed E-state index contributed by atoms with van der Waals surface area (Å²) < 4.78 is 22.7. The predicted molar refractivity (Wildman–Crippen MR) is 69.4 cm³/mol. The van der Waals surface area contributed by atoms with Crippen molar-refractivity contribution in [3.05, 3.63) is 29.8 Å². The van der Waals surface area contributed by atoms with Gasteiger partial charge in [-0.2, -0.15) is 0 Å². The van der Waals surface area contributed by atoms with E-state index in [9.17, 15) is 8.42 Å². The quantitative estimate of drug-likeness (QED) is 0.809. The van der Waals surface area contributed by atoms with Crippen molar-refractivity contribution in [1.29, 1.82) is 0 Å². The van der Waals surface area contributed by atoms with Crippen LogP contribution in [0.3, 0.4) is 0 Å². The minimum atomic E-state index is -3.10. The summed E-state index contributed by atoms with van der Waals surface area (Å²) in [4.78, 5) is 4.91. The number of sulfone groups is 1. The summed E-state index contributed by atoms with van der Waals surface area (Å²) in [5.41, 5.74) is 2.15. The Hall–Kier alpha value is -1.16. The Morgan fingerprint density at radius 2 is 1.88 bits per heavy atom. The number of nitrogens with zero attached hydrogens (tertiary/aromatic N) is 1. The maximum absolute atomic E-state index is 11.3. The third kappa shape index (κ3) is 2.94. The van der Waals surface area contributed by atoms with Crippen LogP contribution >= 0.6 is 0 Å². The van der Waals surface area contributed by atoms with Gasteiger partial charge in [-0.25, -0.2) is 8.42 Å². The van der Waals surface area contributed by atoms with Crippen LogP contribution in [0, 0.1) is 5.92 Å². The first-order chi connectivity index (χ1) is 7.97. The molecule has 3 nitrogen and oxygen atoms in total. The SMILES string of the molecule is CC1CCC(c2ccc(S(C)(=O)=O)cc2)=NC1. The summed E-state index contributed by atoms with van der Waals surface area (Å²) in [6.07, 6.45) is 3.37. The number of aliphatic imine (C=N–C) groups is 1. The highest BCUT2D eigenvalue weighted by Crippen LogP contribution is 2.19. The molecule has 1 heterocycles. The molecule has 1 aromatic carbocycles. The van der Waals surface area contributed by atoms with E-state index in [0.29, 0.717) is 10.8 Å².